The molecule has 0 heterocycles. The van der Waals surface area contributed by atoms with Gasteiger partial charge in [0.2, 0.25) is 0 Å². The van der Waals surface area contributed by atoms with E-state index in [0.29, 0.717) is 6.54 Å². The molecule has 0 amide bonds. The van der Waals surface area contributed by atoms with E-state index in [1.54, 1.807) is 0 Å². The van der Waals surface area contributed by atoms with E-state index in [9.17, 15) is 0 Å². The minimum absolute atomic E-state index is 0.466. The van der Waals surface area contributed by atoms with Gasteiger partial charge in [0, 0.05) is 6.54 Å². The van der Waals surface area contributed by atoms with Gasteiger partial charge in [0.15, 0.2) is 0 Å². The third-order valence-electron chi connectivity index (χ3n) is 3.89. The minimum Gasteiger partial charge on any atom is -0.316 e. The molecule has 0 bridgehead atoms. The Balaban J connectivity index is 2.28. The SMILES string of the molecule is ONCc1ccc2ccc3cccc4ccc1c2c34. The molecule has 0 fully saturated rings. The molecule has 4 rings (SSSR count). The molecule has 2 heteroatoms. The van der Waals surface area contributed by atoms with Gasteiger partial charge in [-0.1, -0.05) is 54.6 Å². The van der Waals surface area contributed by atoms with E-state index < -0.39 is 0 Å². The first kappa shape index (κ1) is 10.7. The van der Waals surface area contributed by atoms with Gasteiger partial charge >= 0.3 is 0 Å². The Morgan fingerprint density at radius 1 is 0.737 bits per heavy atom. The molecular weight excluding hydrogens is 234 g/mol. The van der Waals surface area contributed by atoms with E-state index in [-0.39, 0.29) is 0 Å². The Labute approximate surface area is 110 Å². The van der Waals surface area contributed by atoms with Crippen LogP contribution in [-0.4, -0.2) is 5.21 Å². The molecule has 0 spiro atoms. The van der Waals surface area contributed by atoms with Gasteiger partial charge in [-0.05, 0) is 37.9 Å². The zero-order chi connectivity index (χ0) is 12.8. The van der Waals surface area contributed by atoms with Crippen molar-refractivity contribution < 1.29 is 5.21 Å². The van der Waals surface area contributed by atoms with Gasteiger partial charge in [-0.2, -0.15) is 0 Å². The normalized spacial score (nSPS) is 11.8. The summed E-state index contributed by atoms with van der Waals surface area (Å²) in [7, 11) is 0. The molecule has 19 heavy (non-hydrogen) atoms. The highest BCUT2D eigenvalue weighted by Crippen LogP contribution is 2.35. The molecule has 0 unspecified atom stereocenters. The van der Waals surface area contributed by atoms with Crippen molar-refractivity contribution in [3.05, 3.63) is 60.2 Å². The Kier molecular flexibility index (Phi) is 2.21. The number of rotatable bonds is 2. The average molecular weight is 247 g/mol. The first-order chi connectivity index (χ1) is 9.38. The lowest BCUT2D eigenvalue weighted by atomic mass is 9.92. The molecular formula is C17H13NO. The van der Waals surface area contributed by atoms with Gasteiger partial charge in [-0.3, -0.25) is 0 Å². The molecule has 0 radical (unpaired) electrons. The number of hydroxylamine groups is 1. The van der Waals surface area contributed by atoms with Crippen LogP contribution in [0.4, 0.5) is 0 Å². The Morgan fingerprint density at radius 3 is 2.11 bits per heavy atom. The van der Waals surface area contributed by atoms with Crippen molar-refractivity contribution in [3.63, 3.8) is 0 Å². The van der Waals surface area contributed by atoms with Crippen molar-refractivity contribution in [3.8, 4) is 0 Å². The quantitative estimate of drug-likeness (QED) is 0.413. The molecule has 0 saturated heterocycles. The molecule has 0 aromatic heterocycles. The summed E-state index contributed by atoms with van der Waals surface area (Å²) in [6, 6.07) is 19.2. The highest BCUT2D eigenvalue weighted by molar-refractivity contribution is 6.23. The van der Waals surface area contributed by atoms with Crippen molar-refractivity contribution in [1.29, 1.82) is 0 Å². The predicted octanol–water partition coefficient (Wildman–Crippen LogP) is 4.06. The van der Waals surface area contributed by atoms with Crippen LogP contribution in [0.2, 0.25) is 0 Å². The highest BCUT2D eigenvalue weighted by atomic mass is 16.5. The van der Waals surface area contributed by atoms with Crippen molar-refractivity contribution in [2.45, 2.75) is 6.54 Å². The number of benzene rings is 4. The van der Waals surface area contributed by atoms with Crippen LogP contribution < -0.4 is 5.48 Å². The summed E-state index contributed by atoms with van der Waals surface area (Å²) in [6.07, 6.45) is 0. The smallest absolute Gasteiger partial charge is 0.0464 e. The van der Waals surface area contributed by atoms with Crippen molar-refractivity contribution >= 4 is 32.3 Å². The molecule has 92 valence electrons. The van der Waals surface area contributed by atoms with E-state index in [4.69, 9.17) is 5.21 Å². The highest BCUT2D eigenvalue weighted by Gasteiger charge is 2.09. The fourth-order valence-corrected chi connectivity index (χ4v) is 3.04. The number of hydrogen-bond acceptors (Lipinski definition) is 2. The lowest BCUT2D eigenvalue weighted by Crippen LogP contribution is -2.06. The van der Waals surface area contributed by atoms with E-state index >= 15 is 0 Å². The van der Waals surface area contributed by atoms with Crippen molar-refractivity contribution in [2.75, 3.05) is 0 Å². The maximum atomic E-state index is 8.97. The van der Waals surface area contributed by atoms with Gasteiger partial charge in [0.25, 0.3) is 0 Å². The van der Waals surface area contributed by atoms with Gasteiger partial charge in [-0.25, -0.2) is 5.48 Å². The molecule has 2 N–H and O–H groups in total. The summed E-state index contributed by atoms with van der Waals surface area (Å²) >= 11 is 0. The summed E-state index contributed by atoms with van der Waals surface area (Å²) in [5.41, 5.74) is 3.38. The molecule has 0 aliphatic rings. The second-order valence-electron chi connectivity index (χ2n) is 4.92. The molecule has 4 aromatic carbocycles. The van der Waals surface area contributed by atoms with Crippen LogP contribution in [0, 0.1) is 0 Å². The second kappa shape index (κ2) is 3.92. The first-order valence-corrected chi connectivity index (χ1v) is 6.41. The molecule has 0 aliphatic heterocycles. The zero-order valence-electron chi connectivity index (χ0n) is 10.4. The second-order valence-corrected chi connectivity index (χ2v) is 4.92. The number of hydrogen-bond donors (Lipinski definition) is 2. The third-order valence-corrected chi connectivity index (χ3v) is 3.89. The fourth-order valence-electron chi connectivity index (χ4n) is 3.04. The zero-order valence-corrected chi connectivity index (χ0v) is 10.4. The summed E-state index contributed by atoms with van der Waals surface area (Å²) in [6.45, 7) is 0.466. The first-order valence-electron chi connectivity index (χ1n) is 6.41. The summed E-state index contributed by atoms with van der Waals surface area (Å²) in [5.74, 6) is 0. The summed E-state index contributed by atoms with van der Waals surface area (Å²) in [5, 5.41) is 16.6. The van der Waals surface area contributed by atoms with Gasteiger partial charge in [-0.15, -0.1) is 0 Å². The van der Waals surface area contributed by atoms with E-state index in [0.717, 1.165) is 5.56 Å². The summed E-state index contributed by atoms with van der Waals surface area (Å²) < 4.78 is 0. The van der Waals surface area contributed by atoms with Crippen LogP contribution >= 0.6 is 0 Å². The molecule has 2 nitrogen and oxygen atoms in total. The van der Waals surface area contributed by atoms with Crippen LogP contribution in [0.25, 0.3) is 32.3 Å². The lowest BCUT2D eigenvalue weighted by Gasteiger charge is -2.13. The van der Waals surface area contributed by atoms with Crippen LogP contribution in [0.5, 0.6) is 0 Å². The molecule has 0 atom stereocenters. The lowest BCUT2D eigenvalue weighted by molar-refractivity contribution is 0.161. The summed E-state index contributed by atoms with van der Waals surface area (Å²) in [4.78, 5) is 0. The van der Waals surface area contributed by atoms with Crippen LogP contribution in [0.1, 0.15) is 5.56 Å². The largest absolute Gasteiger partial charge is 0.316 e. The van der Waals surface area contributed by atoms with E-state index in [2.05, 4.69) is 60.1 Å². The molecule has 0 aliphatic carbocycles. The molecule has 4 aromatic rings. The molecule has 0 saturated carbocycles. The van der Waals surface area contributed by atoms with Gasteiger partial charge < -0.3 is 5.21 Å². The van der Waals surface area contributed by atoms with Crippen LogP contribution in [-0.2, 0) is 6.54 Å². The van der Waals surface area contributed by atoms with Gasteiger partial charge in [0.05, 0.1) is 0 Å². The topological polar surface area (TPSA) is 32.3 Å². The Bertz CT molecular complexity index is 866. The Morgan fingerprint density at radius 2 is 1.37 bits per heavy atom. The van der Waals surface area contributed by atoms with E-state index in [1.807, 2.05) is 0 Å². The van der Waals surface area contributed by atoms with Crippen molar-refractivity contribution in [2.24, 2.45) is 0 Å². The van der Waals surface area contributed by atoms with E-state index in [1.165, 1.54) is 32.3 Å². The van der Waals surface area contributed by atoms with Crippen LogP contribution in [0.15, 0.2) is 54.6 Å². The van der Waals surface area contributed by atoms with Crippen molar-refractivity contribution in [1.82, 2.24) is 5.48 Å². The Hall–Kier alpha value is -2.16. The monoisotopic (exact) mass is 247 g/mol. The predicted molar refractivity (Wildman–Crippen MR) is 78.8 cm³/mol. The maximum absolute atomic E-state index is 8.97. The third kappa shape index (κ3) is 1.44. The number of nitrogens with one attached hydrogen (secondary N) is 1. The minimum atomic E-state index is 0.466. The standard InChI is InChI=1S/C17H13NO/c19-18-10-14-7-6-13-5-4-11-2-1-3-12-8-9-15(14)17(13)16(11)12/h1-9,18-19H,10H2. The van der Waals surface area contributed by atoms with Gasteiger partial charge in [0.1, 0.15) is 0 Å². The average Bonchev–Trinajstić information content (AvgIpc) is 2.46. The maximum Gasteiger partial charge on any atom is 0.0464 e. The van der Waals surface area contributed by atoms with Crippen LogP contribution in [0.3, 0.4) is 0 Å². The fraction of sp³-hybridized carbons (Fsp3) is 0.0588.